The average molecular weight is 293 g/mol. The predicted octanol–water partition coefficient (Wildman–Crippen LogP) is 3.46. The van der Waals surface area contributed by atoms with Crippen molar-refractivity contribution < 1.29 is 4.74 Å². The van der Waals surface area contributed by atoms with Crippen LogP contribution in [-0.2, 0) is 19.9 Å². The number of ether oxygens (including phenoxy) is 1. The van der Waals surface area contributed by atoms with Crippen LogP contribution in [0.3, 0.4) is 0 Å². The SMILES string of the molecule is COc1cccc(CC(CCl)CCc2cnn(C)c2)c1. The molecule has 2 rings (SSSR count). The highest BCUT2D eigenvalue weighted by Gasteiger charge is 2.10. The van der Waals surface area contributed by atoms with Gasteiger partial charge in [0.1, 0.15) is 5.75 Å². The largest absolute Gasteiger partial charge is 0.497 e. The fourth-order valence-corrected chi connectivity index (χ4v) is 2.60. The van der Waals surface area contributed by atoms with Crippen LogP contribution in [0.2, 0.25) is 0 Å². The van der Waals surface area contributed by atoms with Gasteiger partial charge in [-0.15, -0.1) is 11.6 Å². The minimum atomic E-state index is 0.476. The van der Waals surface area contributed by atoms with Crippen LogP contribution in [0.25, 0.3) is 0 Å². The van der Waals surface area contributed by atoms with Crippen molar-refractivity contribution in [2.24, 2.45) is 13.0 Å². The molecule has 108 valence electrons. The van der Waals surface area contributed by atoms with E-state index < -0.39 is 0 Å². The van der Waals surface area contributed by atoms with Gasteiger partial charge in [0.2, 0.25) is 0 Å². The van der Waals surface area contributed by atoms with Crippen molar-refractivity contribution in [2.75, 3.05) is 13.0 Å². The Labute approximate surface area is 125 Å². The minimum Gasteiger partial charge on any atom is -0.497 e. The van der Waals surface area contributed by atoms with E-state index in [4.69, 9.17) is 16.3 Å². The zero-order chi connectivity index (χ0) is 14.4. The average Bonchev–Trinajstić information content (AvgIpc) is 2.89. The molecule has 1 unspecified atom stereocenters. The summed E-state index contributed by atoms with van der Waals surface area (Å²) in [6, 6.07) is 8.21. The van der Waals surface area contributed by atoms with Crippen molar-refractivity contribution in [2.45, 2.75) is 19.3 Å². The molecule has 0 fully saturated rings. The van der Waals surface area contributed by atoms with Gasteiger partial charge in [-0.1, -0.05) is 12.1 Å². The molecule has 0 radical (unpaired) electrons. The van der Waals surface area contributed by atoms with Crippen molar-refractivity contribution >= 4 is 11.6 Å². The number of aryl methyl sites for hydroxylation is 2. The van der Waals surface area contributed by atoms with Gasteiger partial charge in [0, 0.05) is 19.1 Å². The molecule has 0 amide bonds. The zero-order valence-corrected chi connectivity index (χ0v) is 12.8. The van der Waals surface area contributed by atoms with Crippen LogP contribution in [-0.4, -0.2) is 22.8 Å². The van der Waals surface area contributed by atoms with Crippen molar-refractivity contribution in [3.63, 3.8) is 0 Å². The summed E-state index contributed by atoms with van der Waals surface area (Å²) in [6.45, 7) is 0. The van der Waals surface area contributed by atoms with E-state index in [0.29, 0.717) is 11.8 Å². The number of methoxy groups -OCH3 is 1. The molecule has 2 aromatic rings. The molecule has 0 saturated heterocycles. The Morgan fingerprint density at radius 2 is 2.20 bits per heavy atom. The third-order valence-corrected chi connectivity index (χ3v) is 3.91. The van der Waals surface area contributed by atoms with Crippen LogP contribution in [0.15, 0.2) is 36.7 Å². The number of aromatic nitrogens is 2. The van der Waals surface area contributed by atoms with Crippen LogP contribution >= 0.6 is 11.6 Å². The molecule has 1 aromatic carbocycles. The summed E-state index contributed by atoms with van der Waals surface area (Å²) < 4.78 is 7.10. The summed E-state index contributed by atoms with van der Waals surface area (Å²) in [4.78, 5) is 0. The Kier molecular flexibility index (Phi) is 5.48. The zero-order valence-electron chi connectivity index (χ0n) is 12.1. The fourth-order valence-electron chi connectivity index (χ4n) is 2.34. The molecule has 0 aliphatic heterocycles. The maximum absolute atomic E-state index is 6.11. The van der Waals surface area contributed by atoms with Gasteiger partial charge in [-0.3, -0.25) is 4.68 Å². The van der Waals surface area contributed by atoms with Crippen LogP contribution in [0, 0.1) is 5.92 Å². The summed E-state index contributed by atoms with van der Waals surface area (Å²) in [6.07, 6.45) is 7.08. The first kappa shape index (κ1) is 14.9. The molecule has 1 heterocycles. The van der Waals surface area contributed by atoms with Gasteiger partial charge in [0.15, 0.2) is 0 Å². The Morgan fingerprint density at radius 1 is 1.35 bits per heavy atom. The number of hydrogen-bond acceptors (Lipinski definition) is 2. The molecule has 1 atom stereocenters. The number of alkyl halides is 1. The van der Waals surface area contributed by atoms with Gasteiger partial charge in [-0.25, -0.2) is 0 Å². The van der Waals surface area contributed by atoms with Gasteiger partial charge in [-0.05, 0) is 48.4 Å². The van der Waals surface area contributed by atoms with Gasteiger partial charge >= 0.3 is 0 Å². The molecule has 4 heteroatoms. The molecule has 20 heavy (non-hydrogen) atoms. The van der Waals surface area contributed by atoms with Gasteiger partial charge in [0.25, 0.3) is 0 Å². The minimum absolute atomic E-state index is 0.476. The molecule has 0 aliphatic rings. The maximum Gasteiger partial charge on any atom is 0.119 e. The lowest BCUT2D eigenvalue weighted by Crippen LogP contribution is -2.08. The van der Waals surface area contributed by atoms with Crippen LogP contribution < -0.4 is 4.74 Å². The van der Waals surface area contributed by atoms with E-state index in [9.17, 15) is 0 Å². The molecular formula is C16H21ClN2O. The Morgan fingerprint density at radius 3 is 2.85 bits per heavy atom. The summed E-state index contributed by atoms with van der Waals surface area (Å²) >= 11 is 6.11. The lowest BCUT2D eigenvalue weighted by molar-refractivity contribution is 0.413. The number of hydrogen-bond donors (Lipinski definition) is 0. The summed E-state index contributed by atoms with van der Waals surface area (Å²) in [7, 11) is 3.64. The smallest absolute Gasteiger partial charge is 0.119 e. The standard InChI is InChI=1S/C16H21ClN2O/c1-19-12-15(11-18-19)7-6-14(10-17)8-13-4-3-5-16(9-13)20-2/h3-5,9,11-12,14H,6-8,10H2,1-2H3. The van der Waals surface area contributed by atoms with Gasteiger partial charge in [-0.2, -0.15) is 5.10 Å². The molecule has 0 N–H and O–H groups in total. The van der Waals surface area contributed by atoms with Crippen molar-refractivity contribution in [3.8, 4) is 5.75 Å². The molecule has 0 bridgehead atoms. The molecule has 3 nitrogen and oxygen atoms in total. The van der Waals surface area contributed by atoms with E-state index in [1.165, 1.54) is 11.1 Å². The van der Waals surface area contributed by atoms with Crippen LogP contribution in [0.4, 0.5) is 0 Å². The van der Waals surface area contributed by atoms with Crippen LogP contribution in [0.1, 0.15) is 17.5 Å². The lowest BCUT2D eigenvalue weighted by Gasteiger charge is -2.14. The normalized spacial score (nSPS) is 12.3. The number of nitrogens with zero attached hydrogens (tertiary/aromatic N) is 2. The van der Waals surface area contributed by atoms with E-state index in [1.807, 2.05) is 30.1 Å². The van der Waals surface area contributed by atoms with E-state index in [0.717, 1.165) is 25.0 Å². The molecule has 0 saturated carbocycles. The van der Waals surface area contributed by atoms with Gasteiger partial charge < -0.3 is 4.74 Å². The molecular weight excluding hydrogens is 272 g/mol. The summed E-state index contributed by atoms with van der Waals surface area (Å²) in [5.74, 6) is 2.06. The second-order valence-electron chi connectivity index (χ2n) is 5.14. The summed E-state index contributed by atoms with van der Waals surface area (Å²) in [5.41, 5.74) is 2.55. The van der Waals surface area contributed by atoms with Crippen molar-refractivity contribution in [1.29, 1.82) is 0 Å². The lowest BCUT2D eigenvalue weighted by atomic mass is 9.95. The van der Waals surface area contributed by atoms with E-state index in [2.05, 4.69) is 23.4 Å². The first-order valence-corrected chi connectivity index (χ1v) is 7.41. The second kappa shape index (κ2) is 7.34. The highest BCUT2D eigenvalue weighted by Crippen LogP contribution is 2.20. The quantitative estimate of drug-likeness (QED) is 0.731. The fraction of sp³-hybridized carbons (Fsp3) is 0.438. The molecule has 0 aliphatic carbocycles. The number of benzene rings is 1. The van der Waals surface area contributed by atoms with Crippen LogP contribution in [0.5, 0.6) is 5.75 Å². The Bertz CT molecular complexity index is 539. The van der Waals surface area contributed by atoms with Crippen molar-refractivity contribution in [3.05, 3.63) is 47.8 Å². The van der Waals surface area contributed by atoms with E-state index >= 15 is 0 Å². The van der Waals surface area contributed by atoms with E-state index in [-0.39, 0.29) is 0 Å². The first-order valence-electron chi connectivity index (χ1n) is 6.87. The summed E-state index contributed by atoms with van der Waals surface area (Å²) in [5, 5.41) is 4.19. The predicted molar refractivity (Wildman–Crippen MR) is 82.4 cm³/mol. The number of rotatable bonds is 7. The number of halogens is 1. The second-order valence-corrected chi connectivity index (χ2v) is 5.45. The monoisotopic (exact) mass is 292 g/mol. The Balaban J connectivity index is 1.91. The molecule has 1 aromatic heterocycles. The maximum atomic E-state index is 6.11. The highest BCUT2D eigenvalue weighted by molar-refractivity contribution is 6.18. The van der Waals surface area contributed by atoms with E-state index in [1.54, 1.807) is 7.11 Å². The highest BCUT2D eigenvalue weighted by atomic mass is 35.5. The first-order chi connectivity index (χ1) is 9.71. The van der Waals surface area contributed by atoms with Crippen molar-refractivity contribution in [1.82, 2.24) is 9.78 Å². The third-order valence-electron chi connectivity index (χ3n) is 3.48. The Hall–Kier alpha value is -1.48. The topological polar surface area (TPSA) is 27.1 Å². The molecule has 0 spiro atoms. The third kappa shape index (κ3) is 4.27. The van der Waals surface area contributed by atoms with Gasteiger partial charge in [0.05, 0.1) is 13.3 Å².